The molecular formula is C17H23N3O3S. The molecule has 0 bridgehead atoms. The van der Waals surface area contributed by atoms with Gasteiger partial charge in [-0.2, -0.15) is 0 Å². The van der Waals surface area contributed by atoms with Crippen molar-refractivity contribution in [2.24, 2.45) is 0 Å². The minimum atomic E-state index is -3.01. The van der Waals surface area contributed by atoms with Crippen LogP contribution in [0.5, 0.6) is 0 Å². The zero-order chi connectivity index (χ0) is 16.8. The van der Waals surface area contributed by atoms with Gasteiger partial charge in [-0.05, 0) is 50.7 Å². The molecule has 1 spiro atoms. The van der Waals surface area contributed by atoms with Crippen molar-refractivity contribution in [1.29, 1.82) is 0 Å². The molecule has 2 aliphatic carbocycles. The number of pyridine rings is 1. The second kappa shape index (κ2) is 5.72. The van der Waals surface area contributed by atoms with Crippen LogP contribution < -0.4 is 10.6 Å². The van der Waals surface area contributed by atoms with Crippen molar-refractivity contribution in [3.63, 3.8) is 0 Å². The quantitative estimate of drug-likeness (QED) is 0.878. The molecule has 2 heterocycles. The lowest BCUT2D eigenvalue weighted by atomic mass is 9.79. The molecule has 2 N–H and O–H groups in total. The first kappa shape index (κ1) is 15.9. The summed E-state index contributed by atoms with van der Waals surface area (Å²) in [5, 5.41) is 5.72. The molecule has 6 nitrogen and oxygen atoms in total. The van der Waals surface area contributed by atoms with Gasteiger partial charge in [0, 0.05) is 17.7 Å². The number of amides is 2. The van der Waals surface area contributed by atoms with Gasteiger partial charge in [-0.25, -0.2) is 18.2 Å². The third kappa shape index (κ3) is 2.90. The Kier molecular flexibility index (Phi) is 3.78. The number of sulfone groups is 1. The Bertz CT molecular complexity index is 754. The molecule has 2 saturated carbocycles. The van der Waals surface area contributed by atoms with E-state index in [1.807, 2.05) is 12.1 Å². The van der Waals surface area contributed by atoms with Gasteiger partial charge in [-0.1, -0.05) is 12.5 Å². The maximum absolute atomic E-state index is 12.3. The van der Waals surface area contributed by atoms with Gasteiger partial charge in [0.25, 0.3) is 0 Å². The number of hydrogen-bond donors (Lipinski definition) is 2. The van der Waals surface area contributed by atoms with Gasteiger partial charge in [0.05, 0.1) is 10.5 Å². The van der Waals surface area contributed by atoms with E-state index in [2.05, 4.69) is 15.6 Å². The fourth-order valence-corrected chi connectivity index (χ4v) is 6.26. The maximum atomic E-state index is 12.3. The fraction of sp³-hybridized carbons (Fsp3) is 0.647. The van der Waals surface area contributed by atoms with Crippen molar-refractivity contribution in [3.05, 3.63) is 23.9 Å². The molecule has 1 atom stereocenters. The van der Waals surface area contributed by atoms with E-state index in [4.69, 9.17) is 0 Å². The van der Waals surface area contributed by atoms with Gasteiger partial charge in [0.2, 0.25) is 0 Å². The lowest BCUT2D eigenvalue weighted by molar-refractivity contribution is 0.234. The average Bonchev–Trinajstić information content (AvgIpc) is 3.32. The second-order valence-corrected chi connectivity index (χ2v) is 9.87. The minimum Gasteiger partial charge on any atom is -0.335 e. The summed E-state index contributed by atoms with van der Waals surface area (Å²) < 4.78 is 24.0. The van der Waals surface area contributed by atoms with E-state index in [-0.39, 0.29) is 17.8 Å². The fourth-order valence-electron chi connectivity index (χ4n) is 3.87. The third-order valence-electron chi connectivity index (χ3n) is 5.62. The summed E-state index contributed by atoms with van der Waals surface area (Å²) in [6.45, 7) is 0. The SMILES string of the molecule is O=C(Nc1cccc(C2CC2)n1)NC1CCS(=O)(=O)C2(CCC2)C1. The number of rotatable bonds is 3. The first-order valence-electron chi connectivity index (χ1n) is 8.74. The Labute approximate surface area is 142 Å². The number of urea groups is 1. The number of aromatic nitrogens is 1. The molecule has 7 heteroatoms. The highest BCUT2D eigenvalue weighted by atomic mass is 32.2. The van der Waals surface area contributed by atoms with Crippen LogP contribution in [0.3, 0.4) is 0 Å². The Balaban J connectivity index is 1.37. The zero-order valence-corrected chi connectivity index (χ0v) is 14.4. The number of nitrogens with zero attached hydrogens (tertiary/aromatic N) is 1. The zero-order valence-electron chi connectivity index (χ0n) is 13.6. The molecule has 4 rings (SSSR count). The summed E-state index contributed by atoms with van der Waals surface area (Å²) in [5.74, 6) is 1.27. The molecular weight excluding hydrogens is 326 g/mol. The number of hydrogen-bond acceptors (Lipinski definition) is 4. The first-order chi connectivity index (χ1) is 11.5. The van der Waals surface area contributed by atoms with E-state index >= 15 is 0 Å². The Hall–Kier alpha value is -1.63. The lowest BCUT2D eigenvalue weighted by Gasteiger charge is -2.46. The molecule has 1 aromatic rings. The normalized spacial score (nSPS) is 27.2. The lowest BCUT2D eigenvalue weighted by Crippen LogP contribution is -2.56. The Morgan fingerprint density at radius 2 is 2.00 bits per heavy atom. The molecule has 2 amide bonds. The van der Waals surface area contributed by atoms with E-state index in [1.54, 1.807) is 6.07 Å². The largest absolute Gasteiger partial charge is 0.335 e. The van der Waals surface area contributed by atoms with Crippen LogP contribution in [0.15, 0.2) is 18.2 Å². The molecule has 1 aliphatic heterocycles. The summed E-state index contributed by atoms with van der Waals surface area (Å²) in [7, 11) is -3.01. The third-order valence-corrected chi connectivity index (χ3v) is 8.29. The van der Waals surface area contributed by atoms with Crippen molar-refractivity contribution in [2.75, 3.05) is 11.1 Å². The highest BCUT2D eigenvalue weighted by Gasteiger charge is 2.52. The summed E-state index contributed by atoms with van der Waals surface area (Å²) in [5.41, 5.74) is 1.03. The summed E-state index contributed by atoms with van der Waals surface area (Å²) >= 11 is 0. The summed E-state index contributed by atoms with van der Waals surface area (Å²) in [6, 6.07) is 5.30. The van der Waals surface area contributed by atoms with Crippen LogP contribution in [0.4, 0.5) is 10.6 Å². The molecule has 130 valence electrons. The van der Waals surface area contributed by atoms with Gasteiger partial charge >= 0.3 is 6.03 Å². The van der Waals surface area contributed by atoms with Gasteiger partial charge in [0.15, 0.2) is 9.84 Å². The number of carbonyl (C=O) groups excluding carboxylic acids is 1. The van der Waals surface area contributed by atoms with Gasteiger partial charge in [-0.15, -0.1) is 0 Å². The minimum absolute atomic E-state index is 0.0829. The van der Waals surface area contributed by atoms with Crippen LogP contribution in [-0.2, 0) is 9.84 Å². The Morgan fingerprint density at radius 1 is 1.21 bits per heavy atom. The van der Waals surface area contributed by atoms with E-state index < -0.39 is 14.6 Å². The van der Waals surface area contributed by atoms with Gasteiger partial charge < -0.3 is 5.32 Å². The van der Waals surface area contributed by atoms with Crippen molar-refractivity contribution >= 4 is 21.7 Å². The maximum Gasteiger partial charge on any atom is 0.320 e. The number of nitrogens with one attached hydrogen (secondary N) is 2. The van der Waals surface area contributed by atoms with Crippen molar-refractivity contribution < 1.29 is 13.2 Å². The van der Waals surface area contributed by atoms with Crippen LogP contribution in [0.25, 0.3) is 0 Å². The van der Waals surface area contributed by atoms with Crippen LogP contribution in [0, 0.1) is 0 Å². The average molecular weight is 349 g/mol. The van der Waals surface area contributed by atoms with E-state index in [9.17, 15) is 13.2 Å². The molecule has 1 unspecified atom stereocenters. The molecule has 24 heavy (non-hydrogen) atoms. The molecule has 0 radical (unpaired) electrons. The predicted molar refractivity (Wildman–Crippen MR) is 91.8 cm³/mol. The second-order valence-electron chi connectivity index (χ2n) is 7.37. The number of anilines is 1. The van der Waals surface area contributed by atoms with Crippen LogP contribution >= 0.6 is 0 Å². The highest BCUT2D eigenvalue weighted by Crippen LogP contribution is 2.46. The van der Waals surface area contributed by atoms with Crippen LogP contribution in [-0.4, -0.2) is 36.0 Å². The van der Waals surface area contributed by atoms with E-state index in [1.165, 1.54) is 12.8 Å². The van der Waals surface area contributed by atoms with Crippen molar-refractivity contribution in [1.82, 2.24) is 10.3 Å². The standard InChI is InChI=1S/C17H23N3O3S/c21-16(20-15-4-1-3-14(19-15)12-5-6-12)18-13-7-10-24(22,23)17(11-13)8-2-9-17/h1,3-4,12-13H,2,5-11H2,(H2,18,19,20,21). The van der Waals surface area contributed by atoms with Crippen molar-refractivity contribution in [3.8, 4) is 0 Å². The van der Waals surface area contributed by atoms with E-state index in [0.29, 0.717) is 24.6 Å². The van der Waals surface area contributed by atoms with Gasteiger partial charge in [0.1, 0.15) is 5.82 Å². The molecule has 3 fully saturated rings. The van der Waals surface area contributed by atoms with E-state index in [0.717, 1.165) is 25.0 Å². The van der Waals surface area contributed by atoms with Gasteiger partial charge in [-0.3, -0.25) is 5.32 Å². The number of carbonyl (C=O) groups is 1. The summed E-state index contributed by atoms with van der Waals surface area (Å²) in [6.07, 6.45) is 5.81. The predicted octanol–water partition coefficient (Wildman–Crippen LogP) is 2.58. The van der Waals surface area contributed by atoms with Crippen LogP contribution in [0.1, 0.15) is 56.6 Å². The molecule has 1 saturated heterocycles. The topological polar surface area (TPSA) is 88.2 Å². The molecule has 3 aliphatic rings. The first-order valence-corrected chi connectivity index (χ1v) is 10.4. The summed E-state index contributed by atoms with van der Waals surface area (Å²) in [4.78, 5) is 16.7. The molecule has 0 aromatic carbocycles. The highest BCUT2D eigenvalue weighted by molar-refractivity contribution is 7.92. The smallest absolute Gasteiger partial charge is 0.320 e. The molecule has 1 aromatic heterocycles. The van der Waals surface area contributed by atoms with Crippen LogP contribution in [0.2, 0.25) is 0 Å². The monoisotopic (exact) mass is 349 g/mol. The Morgan fingerprint density at radius 3 is 2.67 bits per heavy atom. The van der Waals surface area contributed by atoms with Crippen molar-refractivity contribution in [2.45, 2.75) is 61.7 Å².